The molecule has 9 rings (SSSR count). The van der Waals surface area contributed by atoms with E-state index in [0.29, 0.717) is 63.2 Å². The van der Waals surface area contributed by atoms with Crippen molar-refractivity contribution in [2.45, 2.75) is 390 Å². The Morgan fingerprint density at radius 2 is 0.353 bits per heavy atom. The fourth-order valence-electron chi connectivity index (χ4n) is 20.4. The molecule has 0 aliphatic rings. The lowest BCUT2D eigenvalue weighted by Crippen LogP contribution is -2.22. The third-order valence-electron chi connectivity index (χ3n) is 28.5. The third kappa shape index (κ3) is 33.8. The fraction of sp³-hybridized carbons (Fsp3) is 0.512. The molecule has 18 nitrogen and oxygen atoms in total. The summed E-state index contributed by atoms with van der Waals surface area (Å²) < 4.78 is 74.4. The van der Waals surface area contributed by atoms with Crippen molar-refractivity contribution < 1.29 is 56.9 Å². The lowest BCUT2D eigenvalue weighted by atomic mass is 9.75. The van der Waals surface area contributed by atoms with Crippen LogP contribution in [0.25, 0.3) is 0 Å². The zero-order chi connectivity index (χ0) is 114. The first-order valence-corrected chi connectivity index (χ1v) is 53.6. The van der Waals surface area contributed by atoms with Crippen molar-refractivity contribution in [3.05, 3.63) is 236 Å². The van der Waals surface area contributed by atoms with Gasteiger partial charge in [-0.15, -0.1) is 0 Å². The zero-order valence-electron chi connectivity index (χ0n) is 96.2. The lowest BCUT2D eigenvalue weighted by Gasteiger charge is -2.33. The van der Waals surface area contributed by atoms with Gasteiger partial charge in [-0.1, -0.05) is 307 Å². The summed E-state index contributed by atoms with van der Waals surface area (Å²) in [5.41, 5.74) is 10.3. The molecule has 0 amide bonds. The van der Waals surface area contributed by atoms with Gasteiger partial charge in [0.05, 0.1) is 95.1 Å². The van der Waals surface area contributed by atoms with Gasteiger partial charge in [-0.3, -0.25) is 0 Å². The lowest BCUT2D eigenvalue weighted by molar-refractivity contribution is 0.362. The van der Waals surface area contributed by atoms with Gasteiger partial charge in [-0.25, -0.2) is 8.78 Å². The summed E-state index contributed by atoms with van der Waals surface area (Å²) in [7, 11) is 8.59. The minimum atomic E-state index is -1.12. The number of hydrogen-bond acceptors (Lipinski definition) is 18. The second kappa shape index (κ2) is 57.2. The van der Waals surface area contributed by atoms with Crippen LogP contribution < -0.4 is 37.9 Å². The van der Waals surface area contributed by atoms with Gasteiger partial charge in [-0.2, -0.15) is 42.1 Å². The quantitative estimate of drug-likeness (QED) is 0.0360. The number of rotatable bonds is 41. The first-order chi connectivity index (χ1) is 70.2. The fourth-order valence-corrected chi connectivity index (χ4v) is 20.9. The molecule has 0 radical (unpaired) electrons. The maximum atomic E-state index is 12.4. The largest absolute Gasteiger partial charge is 0.508 e. The predicted octanol–water partition coefficient (Wildman–Crippen LogP) is 36.9. The summed E-state index contributed by atoms with van der Waals surface area (Å²) in [4.78, 5) is 0. The van der Waals surface area contributed by atoms with Gasteiger partial charge >= 0.3 is 0 Å². The Balaban J connectivity index is 0.000000407. The number of ether oxygens (including phenoxy) is 8. The molecular formula is C127H165Cl3F2N8O10. The van der Waals surface area contributed by atoms with E-state index in [-0.39, 0.29) is 109 Å². The number of methoxy groups -OCH3 is 5. The van der Waals surface area contributed by atoms with Gasteiger partial charge in [-0.05, 0) is 209 Å². The van der Waals surface area contributed by atoms with Crippen LogP contribution in [0.5, 0.6) is 74.7 Å². The summed E-state index contributed by atoms with van der Waals surface area (Å²) in [5.74, 6) is 6.03. The van der Waals surface area contributed by atoms with E-state index in [0.717, 1.165) is 213 Å². The molecule has 0 aliphatic heterocycles. The number of phenolic OH excluding ortho intramolecular Hbond substituents is 2. The molecular weight excluding hydrogens is 1940 g/mol. The minimum absolute atomic E-state index is 0.00496. The standard InChI is InChI=1S/C46H64N2O4.C27H33ClN2O2.2C19H32O2.C8H2Cl2N2.C8H2F2N2/c1-15-19-43(5,6)33-27-39(35(25-37(33)49-13)45(9,10)21-17-3)51-41-23-31(29-47)32(30-48)24-42(41)52-40-28-34(44(7,8)20-16-2)38(50-14)26-36(40)46(11,12)22-18-4;1-8-10-26(3,4)20-15-24(21(14-23(20)31-7)27(5,6)11-9-2)32-25-13-19(17-30)18(16-29)12-22(25)28;2*1-8-10-18(3,4)14-13-17(21-7)15(12-16(14)20)19(5,6)11-9-2;2*9-7-1-5(3-11)6(4-12)2-8(7)10/h23-28H,15-22H2,1-14H3;12-15H,8-11H2,1-7H3;2*12-13,20H,8-11H2,1-7H3;2*1-2H. The van der Waals surface area contributed by atoms with E-state index in [1.807, 2.05) is 42.5 Å². The number of phenols is 2. The molecule has 0 spiro atoms. The summed E-state index contributed by atoms with van der Waals surface area (Å²) in [6.07, 6.45) is 20.5. The van der Waals surface area contributed by atoms with Crippen molar-refractivity contribution in [3.8, 4) is 123 Å². The van der Waals surface area contributed by atoms with Crippen LogP contribution in [-0.2, 0) is 54.1 Å². The second-order valence-electron chi connectivity index (χ2n) is 45.1. The van der Waals surface area contributed by atoms with Crippen LogP contribution in [0, 0.1) is 102 Å². The monoisotopic (exact) mass is 2110 g/mol. The Morgan fingerprint density at radius 3 is 0.547 bits per heavy atom. The van der Waals surface area contributed by atoms with E-state index in [9.17, 15) is 40.0 Å². The Kier molecular flexibility index (Phi) is 49.5. The van der Waals surface area contributed by atoms with Crippen molar-refractivity contribution in [1.82, 2.24) is 0 Å². The van der Waals surface area contributed by atoms with Crippen molar-refractivity contribution in [2.75, 3.05) is 35.5 Å². The molecule has 2 N–H and O–H groups in total. The smallest absolute Gasteiger partial charge is 0.171 e. The van der Waals surface area contributed by atoms with Gasteiger partial charge in [0.2, 0.25) is 0 Å². The molecule has 9 aromatic rings. The molecule has 0 fully saturated rings. The second-order valence-corrected chi connectivity index (χ2v) is 46.3. The predicted molar refractivity (Wildman–Crippen MR) is 606 cm³/mol. The molecule has 0 unspecified atom stereocenters. The van der Waals surface area contributed by atoms with E-state index in [1.54, 1.807) is 65.9 Å². The highest BCUT2D eigenvalue weighted by Gasteiger charge is 2.39. The number of nitriles is 8. The normalized spacial score (nSPS) is 11.6. The highest BCUT2D eigenvalue weighted by molar-refractivity contribution is 6.42. The van der Waals surface area contributed by atoms with Crippen LogP contribution in [0.1, 0.15) is 436 Å². The van der Waals surface area contributed by atoms with E-state index in [4.69, 9.17) is 93.7 Å². The topological polar surface area (TPSA) is 305 Å². The highest BCUT2D eigenvalue weighted by Crippen LogP contribution is 2.54. The number of nitrogens with zero attached hydrogens (tertiary/aromatic N) is 8. The minimum Gasteiger partial charge on any atom is -0.508 e. The molecule has 150 heavy (non-hydrogen) atoms. The number of hydrogen-bond donors (Lipinski definition) is 2. The summed E-state index contributed by atoms with van der Waals surface area (Å²) >= 11 is 17.7. The molecule has 0 aromatic heterocycles. The summed E-state index contributed by atoms with van der Waals surface area (Å²) in [6.45, 7) is 66.0. The average molecular weight is 2110 g/mol. The molecule has 0 saturated carbocycles. The summed E-state index contributed by atoms with van der Waals surface area (Å²) in [5, 5.41) is 94.9. The molecule has 0 saturated heterocycles. The van der Waals surface area contributed by atoms with Crippen LogP contribution in [0.2, 0.25) is 15.1 Å². The zero-order valence-corrected chi connectivity index (χ0v) is 98.4. The van der Waals surface area contributed by atoms with Crippen molar-refractivity contribution in [1.29, 1.82) is 42.1 Å². The van der Waals surface area contributed by atoms with E-state index >= 15 is 0 Å². The molecule has 808 valence electrons. The highest BCUT2D eigenvalue weighted by atomic mass is 35.5. The number of halogens is 5. The van der Waals surface area contributed by atoms with E-state index in [2.05, 4.69) is 262 Å². The van der Waals surface area contributed by atoms with E-state index in [1.165, 1.54) is 18.2 Å². The van der Waals surface area contributed by atoms with Crippen molar-refractivity contribution >= 4 is 34.8 Å². The third-order valence-corrected chi connectivity index (χ3v) is 29.5. The van der Waals surface area contributed by atoms with Crippen LogP contribution in [0.3, 0.4) is 0 Å². The molecule has 0 heterocycles. The molecule has 0 aliphatic carbocycles. The Hall–Kier alpha value is -12.4. The Bertz CT molecular complexity index is 6090. The van der Waals surface area contributed by atoms with Crippen LogP contribution in [0.15, 0.2) is 109 Å². The molecule has 0 bridgehead atoms. The average Bonchev–Trinajstić information content (AvgIpc) is 0.771. The molecule has 0 atom stereocenters. The summed E-state index contributed by atoms with van der Waals surface area (Å²) in [6, 6.07) is 46.4. The van der Waals surface area contributed by atoms with Gasteiger partial charge in [0.25, 0.3) is 0 Å². The van der Waals surface area contributed by atoms with Gasteiger partial charge < -0.3 is 48.1 Å². The molecule has 9 aromatic carbocycles. The first-order valence-electron chi connectivity index (χ1n) is 52.5. The maximum absolute atomic E-state index is 12.4. The van der Waals surface area contributed by atoms with Gasteiger partial charge in [0.1, 0.15) is 112 Å². The van der Waals surface area contributed by atoms with Gasteiger partial charge in [0, 0.05) is 73.8 Å². The Morgan fingerprint density at radius 1 is 0.207 bits per heavy atom. The maximum Gasteiger partial charge on any atom is 0.171 e. The number of benzene rings is 9. The van der Waals surface area contributed by atoms with Crippen molar-refractivity contribution in [3.63, 3.8) is 0 Å². The van der Waals surface area contributed by atoms with Crippen molar-refractivity contribution in [2.24, 2.45) is 0 Å². The SMILES string of the molecule is CCCC(C)(C)c1cc(OC)c(C(C)(C)CCC)cc1O.CCCC(C)(C)c1cc(OC)c(C(C)(C)CCC)cc1O.CCCC(C)(C)c1cc(Oc2cc(C#N)c(C#N)cc2Cl)c(C(C)(C)CCC)cc1OC.CCCC(C)(C)c1cc(Oc2cc(C#N)c(C#N)cc2Oc2cc(C(C)(C)CCC)c(OC)cc2C(C)(C)CCC)c(C(C)(C)CCC)cc1OC.N#Cc1cc(Cl)c(Cl)cc1C#N.N#Cc1cc(F)c(F)cc1C#N. The van der Waals surface area contributed by atoms with E-state index < -0.39 is 11.6 Å². The van der Waals surface area contributed by atoms with Crippen LogP contribution in [0.4, 0.5) is 8.78 Å². The Labute approximate surface area is 912 Å². The number of aromatic hydroxyl groups is 2. The first kappa shape index (κ1) is 130. The van der Waals surface area contributed by atoms with Crippen LogP contribution >= 0.6 is 34.8 Å². The molecule has 23 heteroatoms. The van der Waals surface area contributed by atoms with Crippen LogP contribution in [-0.4, -0.2) is 45.8 Å². The van der Waals surface area contributed by atoms with Gasteiger partial charge in [0.15, 0.2) is 23.1 Å².